The maximum absolute atomic E-state index is 14.9. The van der Waals surface area contributed by atoms with Gasteiger partial charge in [-0.1, -0.05) is 35.3 Å². The van der Waals surface area contributed by atoms with E-state index < -0.39 is 85.8 Å². The summed E-state index contributed by atoms with van der Waals surface area (Å²) in [6, 6.07) is 2.19. The van der Waals surface area contributed by atoms with Crippen molar-refractivity contribution in [3.05, 3.63) is 74.8 Å². The van der Waals surface area contributed by atoms with Gasteiger partial charge in [0.05, 0.1) is 26.9 Å². The Morgan fingerprint density at radius 1 is 0.950 bits per heavy atom. The minimum Gasteiger partial charge on any atom is -0.349 e. The van der Waals surface area contributed by atoms with E-state index in [-0.39, 0.29) is 22.2 Å². The second kappa shape index (κ2) is 12.1. The van der Waals surface area contributed by atoms with Crippen molar-refractivity contribution in [1.29, 1.82) is 0 Å². The van der Waals surface area contributed by atoms with E-state index in [1.807, 2.05) is 5.32 Å². The van der Waals surface area contributed by atoms with Crippen molar-refractivity contribution in [2.75, 3.05) is 11.5 Å². The van der Waals surface area contributed by atoms with Crippen molar-refractivity contribution in [3.8, 4) is 0 Å². The molecule has 2 rings (SSSR count). The molecule has 40 heavy (non-hydrogen) atoms. The molecule has 0 spiro atoms. The average molecular weight is 648 g/mol. The fourth-order valence-electron chi connectivity index (χ4n) is 3.49. The lowest BCUT2D eigenvalue weighted by Crippen LogP contribution is -2.40. The summed E-state index contributed by atoms with van der Waals surface area (Å²) in [5, 5.41) is 1.42. The van der Waals surface area contributed by atoms with Crippen LogP contribution in [0, 0.1) is 0 Å². The molecule has 0 heterocycles. The molecule has 0 bridgehead atoms. The number of allylic oxidation sites excluding steroid dienone is 1. The Morgan fingerprint density at radius 2 is 1.55 bits per heavy atom. The predicted octanol–water partition coefficient (Wildman–Crippen LogP) is 7.76. The van der Waals surface area contributed by atoms with E-state index in [1.54, 1.807) is 0 Å². The maximum atomic E-state index is 14.9. The number of nitrogens with one attached hydrogen (secondary N) is 1. The molecule has 0 aliphatic heterocycles. The monoisotopic (exact) mass is 647 g/mol. The number of hydrogen-bond acceptors (Lipinski definition) is 3. The van der Waals surface area contributed by atoms with Gasteiger partial charge in [-0.2, -0.15) is 39.5 Å². The van der Waals surface area contributed by atoms with Gasteiger partial charge in [0.15, 0.2) is 9.84 Å². The van der Waals surface area contributed by atoms with Crippen molar-refractivity contribution < 1.29 is 57.1 Å². The van der Waals surface area contributed by atoms with E-state index in [0.717, 1.165) is 25.1 Å². The Bertz CT molecular complexity index is 1390. The van der Waals surface area contributed by atoms with E-state index in [2.05, 4.69) is 0 Å². The highest BCUT2D eigenvalue weighted by atomic mass is 35.5. The zero-order valence-corrected chi connectivity index (χ0v) is 22.1. The Labute approximate surface area is 230 Å². The molecule has 0 fully saturated rings. The second-order valence-electron chi connectivity index (χ2n) is 8.51. The summed E-state index contributed by atoms with van der Waals surface area (Å²) in [5.41, 5.74) is -4.53. The molecule has 0 aliphatic carbocycles. The lowest BCUT2D eigenvalue weighted by atomic mass is 9.95. The molecule has 0 saturated heterocycles. The zero-order valence-electron chi connectivity index (χ0n) is 19.8. The first-order valence-corrected chi connectivity index (χ1v) is 13.3. The summed E-state index contributed by atoms with van der Waals surface area (Å²) in [6.45, 7) is 0.927. The van der Waals surface area contributed by atoms with Crippen LogP contribution in [0.2, 0.25) is 10.0 Å². The lowest BCUT2D eigenvalue weighted by molar-refractivity contribution is -0.140. The summed E-state index contributed by atoms with van der Waals surface area (Å²) in [7, 11) is -4.80. The molecular weight excluding hydrogens is 631 g/mol. The van der Waals surface area contributed by atoms with Crippen molar-refractivity contribution in [2.24, 2.45) is 0 Å². The molecule has 4 nitrogen and oxygen atoms in total. The highest BCUT2D eigenvalue weighted by Gasteiger charge is 2.41. The molecule has 0 saturated carbocycles. The van der Waals surface area contributed by atoms with E-state index in [0.29, 0.717) is 12.1 Å². The quantitative estimate of drug-likeness (QED) is 0.298. The molecule has 2 aromatic carbocycles. The van der Waals surface area contributed by atoms with Gasteiger partial charge < -0.3 is 5.32 Å². The highest BCUT2D eigenvalue weighted by molar-refractivity contribution is 7.91. The molecule has 222 valence electrons. The number of amides is 1. The van der Waals surface area contributed by atoms with Crippen molar-refractivity contribution in [1.82, 2.24) is 5.32 Å². The summed E-state index contributed by atoms with van der Waals surface area (Å²) >= 11 is 11.4. The van der Waals surface area contributed by atoms with Crippen LogP contribution in [0.3, 0.4) is 0 Å². The van der Waals surface area contributed by atoms with Crippen LogP contribution in [0.25, 0.3) is 5.83 Å². The SMILES string of the molecule is C[C@H](CS(=O)(=O)CC(F)(F)F)NC(=O)c1ccc(/C(F)=C/C(c2ccc(Cl)c(Cl)c2)C(F)(F)F)cc1C(F)(F)F. The molecule has 2 atom stereocenters. The van der Waals surface area contributed by atoms with Gasteiger partial charge in [-0.05, 0) is 42.8 Å². The van der Waals surface area contributed by atoms with Gasteiger partial charge in [-0.3, -0.25) is 4.79 Å². The molecule has 1 N–H and O–H groups in total. The molecule has 0 aromatic heterocycles. The molecule has 0 aliphatic rings. The first-order chi connectivity index (χ1) is 18.0. The van der Waals surface area contributed by atoms with Crippen LogP contribution >= 0.6 is 23.2 Å². The highest BCUT2D eigenvalue weighted by Crippen LogP contribution is 2.41. The molecule has 17 heteroatoms. The minimum absolute atomic E-state index is 0.00236. The molecule has 1 unspecified atom stereocenters. The normalized spacial score (nSPS) is 15.1. The Hall–Kier alpha value is -2.52. The van der Waals surface area contributed by atoms with Gasteiger partial charge in [0.25, 0.3) is 5.91 Å². The molecule has 2 aromatic rings. The van der Waals surface area contributed by atoms with Crippen molar-refractivity contribution in [3.63, 3.8) is 0 Å². The first-order valence-electron chi connectivity index (χ1n) is 10.7. The largest absolute Gasteiger partial charge is 0.417 e. The van der Waals surface area contributed by atoms with Crippen molar-refractivity contribution in [2.45, 2.75) is 37.4 Å². The first kappa shape index (κ1) is 33.7. The van der Waals surface area contributed by atoms with Crippen LogP contribution in [0.1, 0.15) is 39.9 Å². The third kappa shape index (κ3) is 9.54. The van der Waals surface area contributed by atoms with E-state index in [4.69, 9.17) is 23.2 Å². The number of carbonyl (C=O) groups is 1. The van der Waals surface area contributed by atoms with Crippen LogP contribution in [0.4, 0.5) is 43.9 Å². The smallest absolute Gasteiger partial charge is 0.349 e. The van der Waals surface area contributed by atoms with Crippen LogP contribution in [0.5, 0.6) is 0 Å². The van der Waals surface area contributed by atoms with Gasteiger partial charge in [0.1, 0.15) is 17.5 Å². The van der Waals surface area contributed by atoms with Gasteiger partial charge >= 0.3 is 18.5 Å². The summed E-state index contributed by atoms with van der Waals surface area (Å²) in [4.78, 5) is 12.4. The van der Waals surface area contributed by atoms with Gasteiger partial charge in [-0.15, -0.1) is 0 Å². The maximum Gasteiger partial charge on any atom is 0.417 e. The molecule has 1 amide bonds. The number of rotatable bonds is 8. The van der Waals surface area contributed by atoms with Gasteiger partial charge in [0, 0.05) is 11.6 Å². The van der Waals surface area contributed by atoms with Crippen molar-refractivity contribution >= 4 is 44.8 Å². The number of hydrogen-bond donors (Lipinski definition) is 1. The topological polar surface area (TPSA) is 63.2 Å². The number of carbonyl (C=O) groups excluding carboxylic acids is 1. The summed E-state index contributed by atoms with van der Waals surface area (Å²) in [5.74, 6) is -9.45. The Morgan fingerprint density at radius 3 is 2.05 bits per heavy atom. The zero-order chi connectivity index (χ0) is 30.8. The van der Waals surface area contributed by atoms with Crippen LogP contribution < -0.4 is 5.32 Å². The van der Waals surface area contributed by atoms with Crippen LogP contribution in [0.15, 0.2) is 42.5 Å². The van der Waals surface area contributed by atoms with Gasteiger partial charge in [-0.25, -0.2) is 12.8 Å². The number of halogens is 12. The second-order valence-corrected chi connectivity index (χ2v) is 11.4. The fourth-order valence-corrected chi connectivity index (χ4v) is 5.25. The number of benzene rings is 2. The summed E-state index contributed by atoms with van der Waals surface area (Å²) in [6.07, 6.45) is -15.5. The third-order valence-corrected chi connectivity index (χ3v) is 7.59. The van der Waals surface area contributed by atoms with E-state index >= 15 is 0 Å². The van der Waals surface area contributed by atoms with E-state index in [9.17, 15) is 57.1 Å². The average Bonchev–Trinajstić information content (AvgIpc) is 2.75. The molecule has 0 radical (unpaired) electrons. The lowest BCUT2D eigenvalue weighted by Gasteiger charge is -2.19. The third-order valence-electron chi connectivity index (χ3n) is 5.08. The predicted molar refractivity (Wildman–Crippen MR) is 127 cm³/mol. The minimum atomic E-state index is -5.35. The number of alkyl halides is 9. The Kier molecular flexibility index (Phi) is 10.2. The number of sulfone groups is 1. The fraction of sp³-hybridized carbons (Fsp3) is 0.348. The van der Waals surface area contributed by atoms with Crippen LogP contribution in [-0.4, -0.2) is 44.2 Å². The summed E-state index contributed by atoms with van der Waals surface area (Å²) < 4.78 is 157. The molecular formula is C23H17Cl2F10NO3S. The standard InChI is InChI=1S/C23H17Cl2F10NO3S/c1-11(9-40(38,39)10-21(27,28)29)36-20(37)14-4-2-13(6-16(14)23(33,34)35)19(26)8-15(22(30,31)32)12-3-5-17(24)18(25)7-12/h2-8,11,15H,9-10H2,1H3,(H,36,37)/b19-8-/t11-,15?/m1/s1. The van der Waals surface area contributed by atoms with Crippen LogP contribution in [-0.2, 0) is 16.0 Å². The van der Waals surface area contributed by atoms with E-state index in [1.165, 1.54) is 0 Å². The van der Waals surface area contributed by atoms with Gasteiger partial charge in [0.2, 0.25) is 0 Å². The Balaban J connectivity index is 2.43.